The molecule has 0 aromatic heterocycles. The van der Waals surface area contributed by atoms with Gasteiger partial charge in [-0.15, -0.1) is 0 Å². The maximum Gasteiger partial charge on any atom is 0.328 e. The molecule has 0 aliphatic heterocycles. The Labute approximate surface area is 173 Å². The van der Waals surface area contributed by atoms with Gasteiger partial charge in [0.05, 0.1) is 25.2 Å². The predicted molar refractivity (Wildman–Crippen MR) is 102 cm³/mol. The molecule has 0 saturated heterocycles. The molecule has 5 atom stereocenters. The molecule has 0 bridgehead atoms. The fraction of sp³-hybridized carbons (Fsp3) is 0.706. The van der Waals surface area contributed by atoms with Crippen LogP contribution in [0.2, 0.25) is 0 Å². The molecule has 9 N–H and O–H groups in total. The largest absolute Gasteiger partial charge is 0.481 e. The first-order valence-electron chi connectivity index (χ1n) is 9.20. The van der Waals surface area contributed by atoms with Crippen molar-refractivity contribution in [1.29, 1.82) is 0 Å². The maximum absolute atomic E-state index is 12.3. The van der Waals surface area contributed by atoms with Crippen LogP contribution in [0.1, 0.15) is 33.6 Å². The van der Waals surface area contributed by atoms with E-state index in [1.54, 1.807) is 0 Å². The Morgan fingerprint density at radius 2 is 1.37 bits per heavy atom. The minimum absolute atomic E-state index is 0.0897. The first-order valence-corrected chi connectivity index (χ1v) is 9.20. The van der Waals surface area contributed by atoms with Crippen LogP contribution in [0.25, 0.3) is 0 Å². The van der Waals surface area contributed by atoms with Crippen molar-refractivity contribution in [2.75, 3.05) is 6.61 Å². The fourth-order valence-electron chi connectivity index (χ4n) is 2.39. The summed E-state index contributed by atoms with van der Waals surface area (Å²) >= 11 is 0. The van der Waals surface area contributed by atoms with E-state index in [-0.39, 0.29) is 5.92 Å². The molecule has 0 radical (unpaired) electrons. The number of nitrogens with two attached hydrogens (primary N) is 1. The molecule has 0 aliphatic rings. The van der Waals surface area contributed by atoms with Crippen LogP contribution in [0.5, 0.6) is 0 Å². The zero-order chi connectivity index (χ0) is 23.6. The topological polar surface area (TPSA) is 228 Å². The third-order valence-electron chi connectivity index (χ3n) is 3.94. The highest BCUT2D eigenvalue weighted by Gasteiger charge is 2.32. The molecule has 13 nitrogen and oxygen atoms in total. The zero-order valence-electron chi connectivity index (χ0n) is 17.0. The van der Waals surface area contributed by atoms with Gasteiger partial charge in [-0.3, -0.25) is 19.2 Å². The summed E-state index contributed by atoms with van der Waals surface area (Å²) in [7, 11) is 0. The molecule has 0 fully saturated rings. The highest BCUT2D eigenvalue weighted by atomic mass is 16.4. The SMILES string of the molecule is CC(C)CC(N)C(=O)NC(CO)C(=O)NC(CC(=O)O)C(=O)NC(C(=O)O)C(C)O. The second-order valence-electron chi connectivity index (χ2n) is 7.20. The van der Waals surface area contributed by atoms with Gasteiger partial charge in [-0.25, -0.2) is 4.79 Å². The number of aliphatic carboxylic acids is 2. The summed E-state index contributed by atoms with van der Waals surface area (Å²) in [5.41, 5.74) is 5.70. The Balaban J connectivity index is 5.26. The molecule has 0 aliphatic carbocycles. The fourth-order valence-corrected chi connectivity index (χ4v) is 2.39. The van der Waals surface area contributed by atoms with E-state index >= 15 is 0 Å². The second kappa shape index (κ2) is 12.7. The van der Waals surface area contributed by atoms with Gasteiger partial charge in [0, 0.05) is 0 Å². The minimum Gasteiger partial charge on any atom is -0.481 e. The Morgan fingerprint density at radius 1 is 0.867 bits per heavy atom. The Morgan fingerprint density at radius 3 is 1.77 bits per heavy atom. The first kappa shape index (κ1) is 27.2. The summed E-state index contributed by atoms with van der Waals surface area (Å²) in [4.78, 5) is 58.8. The van der Waals surface area contributed by atoms with Gasteiger partial charge in [-0.1, -0.05) is 13.8 Å². The average molecular weight is 434 g/mol. The van der Waals surface area contributed by atoms with Gasteiger partial charge in [-0.05, 0) is 19.3 Å². The predicted octanol–water partition coefficient (Wildman–Crippen LogP) is -3.25. The summed E-state index contributed by atoms with van der Waals surface area (Å²) in [5, 5.41) is 43.0. The monoisotopic (exact) mass is 434 g/mol. The highest BCUT2D eigenvalue weighted by Crippen LogP contribution is 2.03. The van der Waals surface area contributed by atoms with Crippen molar-refractivity contribution in [2.45, 2.75) is 63.9 Å². The second-order valence-corrected chi connectivity index (χ2v) is 7.20. The van der Waals surface area contributed by atoms with Crippen molar-refractivity contribution in [3.63, 3.8) is 0 Å². The van der Waals surface area contributed by atoms with E-state index < -0.39 is 73.0 Å². The third-order valence-corrected chi connectivity index (χ3v) is 3.94. The number of hydrogen-bond acceptors (Lipinski definition) is 8. The van der Waals surface area contributed by atoms with Gasteiger partial charge < -0.3 is 42.1 Å². The molecule has 0 heterocycles. The van der Waals surface area contributed by atoms with Gasteiger partial charge in [0.25, 0.3) is 0 Å². The Bertz CT molecular complexity index is 639. The number of carbonyl (C=O) groups excluding carboxylic acids is 3. The first-order chi connectivity index (χ1) is 13.8. The molecule has 0 spiro atoms. The quantitative estimate of drug-likeness (QED) is 0.144. The molecular formula is C17H30N4O9. The third kappa shape index (κ3) is 9.62. The van der Waals surface area contributed by atoms with Crippen molar-refractivity contribution >= 4 is 29.7 Å². The van der Waals surface area contributed by atoms with Gasteiger partial charge in [-0.2, -0.15) is 0 Å². The number of aliphatic hydroxyl groups is 2. The van der Waals surface area contributed by atoms with Gasteiger partial charge in [0.2, 0.25) is 17.7 Å². The summed E-state index contributed by atoms with van der Waals surface area (Å²) in [5.74, 6) is -5.95. The lowest BCUT2D eigenvalue weighted by molar-refractivity contribution is -0.146. The number of hydrogen-bond donors (Lipinski definition) is 8. The molecule has 0 aromatic carbocycles. The summed E-state index contributed by atoms with van der Waals surface area (Å²) in [6.45, 7) is 3.90. The average Bonchev–Trinajstić information content (AvgIpc) is 2.61. The lowest BCUT2D eigenvalue weighted by Gasteiger charge is -2.24. The van der Waals surface area contributed by atoms with E-state index in [1.165, 1.54) is 0 Å². The number of carbonyl (C=O) groups is 5. The van der Waals surface area contributed by atoms with Crippen molar-refractivity contribution in [2.24, 2.45) is 11.7 Å². The normalized spacial score (nSPS) is 16.0. The molecule has 13 heteroatoms. The van der Waals surface area contributed by atoms with Crippen LogP contribution in [0.3, 0.4) is 0 Å². The molecule has 30 heavy (non-hydrogen) atoms. The van der Waals surface area contributed by atoms with E-state index in [4.69, 9.17) is 15.9 Å². The summed E-state index contributed by atoms with van der Waals surface area (Å²) in [6.07, 6.45) is -2.10. The van der Waals surface area contributed by atoms with Crippen molar-refractivity contribution in [1.82, 2.24) is 16.0 Å². The number of rotatable bonds is 13. The molecule has 0 rings (SSSR count). The Kier molecular flexibility index (Phi) is 11.5. The van der Waals surface area contributed by atoms with Gasteiger partial charge in [0.1, 0.15) is 12.1 Å². The molecule has 3 amide bonds. The number of nitrogens with one attached hydrogen (secondary N) is 3. The van der Waals surface area contributed by atoms with Crippen molar-refractivity contribution in [3.05, 3.63) is 0 Å². The number of aliphatic hydroxyl groups excluding tert-OH is 2. The van der Waals surface area contributed by atoms with E-state index in [0.29, 0.717) is 6.42 Å². The van der Waals surface area contributed by atoms with Gasteiger partial charge in [0.15, 0.2) is 6.04 Å². The van der Waals surface area contributed by atoms with E-state index in [9.17, 15) is 34.2 Å². The Hall–Kier alpha value is -2.77. The summed E-state index contributed by atoms with van der Waals surface area (Å²) < 4.78 is 0. The number of carboxylic acids is 2. The van der Waals surface area contributed by atoms with Crippen LogP contribution in [0.4, 0.5) is 0 Å². The molecule has 0 aromatic rings. The lowest BCUT2D eigenvalue weighted by atomic mass is 10.0. The molecule has 5 unspecified atom stereocenters. The minimum atomic E-state index is -1.74. The molecular weight excluding hydrogens is 404 g/mol. The van der Waals surface area contributed by atoms with Crippen molar-refractivity contribution < 1.29 is 44.4 Å². The van der Waals surface area contributed by atoms with E-state index in [0.717, 1.165) is 6.92 Å². The molecule has 0 saturated carbocycles. The maximum atomic E-state index is 12.3. The molecule has 172 valence electrons. The van der Waals surface area contributed by atoms with E-state index in [1.807, 2.05) is 24.5 Å². The lowest BCUT2D eigenvalue weighted by Crippen LogP contribution is -2.59. The van der Waals surface area contributed by atoms with Crippen LogP contribution in [-0.2, 0) is 24.0 Å². The van der Waals surface area contributed by atoms with Crippen LogP contribution in [-0.4, -0.2) is 87.0 Å². The van der Waals surface area contributed by atoms with Crippen LogP contribution in [0.15, 0.2) is 0 Å². The number of amides is 3. The van der Waals surface area contributed by atoms with Crippen LogP contribution >= 0.6 is 0 Å². The number of carboxylic acid groups (broad SMARTS) is 2. The van der Waals surface area contributed by atoms with Crippen molar-refractivity contribution in [3.8, 4) is 0 Å². The van der Waals surface area contributed by atoms with E-state index in [2.05, 4.69) is 5.32 Å². The smallest absolute Gasteiger partial charge is 0.328 e. The highest BCUT2D eigenvalue weighted by molar-refractivity contribution is 5.95. The van der Waals surface area contributed by atoms with Gasteiger partial charge >= 0.3 is 11.9 Å². The zero-order valence-corrected chi connectivity index (χ0v) is 17.0. The van der Waals surface area contributed by atoms with Crippen LogP contribution in [0, 0.1) is 5.92 Å². The standard InChI is InChI=1S/C17H30N4O9/c1-7(2)4-9(18)14(26)20-11(6-22)16(28)19-10(5-12(24)25)15(27)21-13(8(3)23)17(29)30/h7-11,13,22-23H,4-6,18H2,1-3H3,(H,19,28)(H,20,26)(H,21,27)(H,24,25)(H,29,30). The van der Waals surface area contributed by atoms with Crippen LogP contribution < -0.4 is 21.7 Å². The summed E-state index contributed by atoms with van der Waals surface area (Å²) in [6, 6.07) is -5.95.